The molecule has 0 aliphatic carbocycles. The molecule has 0 atom stereocenters. The van der Waals surface area contributed by atoms with Crippen LogP contribution in [0.5, 0.6) is 0 Å². The molecule has 0 heterocycles. The summed E-state index contributed by atoms with van der Waals surface area (Å²) in [6.07, 6.45) is 0. The first-order valence-corrected chi connectivity index (χ1v) is 5.93. The first-order valence-electron chi connectivity index (χ1n) is 5.55. The average Bonchev–Trinajstić information content (AvgIpc) is 2.31. The Bertz CT molecular complexity index is 506. The van der Waals surface area contributed by atoms with Crippen LogP contribution >= 0.6 is 11.6 Å². The molecular formula is C13H15ClN2O2. The molecule has 1 rings (SSSR count). The lowest BCUT2D eigenvalue weighted by Gasteiger charge is -2.36. The quantitative estimate of drug-likeness (QED) is 0.910. The zero-order chi connectivity index (χ0) is 13.9. The minimum atomic E-state index is -1.09. The van der Waals surface area contributed by atoms with Crippen LogP contribution < -0.4 is 4.90 Å². The van der Waals surface area contributed by atoms with Gasteiger partial charge in [0, 0.05) is 11.6 Å². The SMILES string of the molecule is CCN(c1ccc(Cl)cc1C#N)C(C)(C)C(=O)O. The van der Waals surface area contributed by atoms with Crippen molar-refractivity contribution in [3.63, 3.8) is 0 Å². The molecule has 4 nitrogen and oxygen atoms in total. The minimum Gasteiger partial charge on any atom is -0.480 e. The molecule has 1 aromatic rings. The van der Waals surface area contributed by atoms with Gasteiger partial charge in [-0.25, -0.2) is 4.79 Å². The van der Waals surface area contributed by atoms with E-state index in [2.05, 4.69) is 0 Å². The fourth-order valence-electron chi connectivity index (χ4n) is 1.82. The molecular weight excluding hydrogens is 252 g/mol. The molecule has 5 heteroatoms. The van der Waals surface area contributed by atoms with Gasteiger partial charge >= 0.3 is 5.97 Å². The Balaban J connectivity index is 3.35. The number of likely N-dealkylation sites (N-methyl/N-ethyl adjacent to an activating group) is 1. The van der Waals surface area contributed by atoms with Crippen molar-refractivity contribution in [1.29, 1.82) is 5.26 Å². The molecule has 0 spiro atoms. The largest absolute Gasteiger partial charge is 0.480 e. The van der Waals surface area contributed by atoms with Crippen LogP contribution in [0.3, 0.4) is 0 Å². The Morgan fingerprint density at radius 2 is 2.17 bits per heavy atom. The van der Waals surface area contributed by atoms with Gasteiger partial charge in [-0.3, -0.25) is 0 Å². The Hall–Kier alpha value is -1.73. The second kappa shape index (κ2) is 5.28. The maximum Gasteiger partial charge on any atom is 0.328 e. The molecule has 0 saturated carbocycles. The lowest BCUT2D eigenvalue weighted by atomic mass is 10.0. The van der Waals surface area contributed by atoms with Gasteiger partial charge in [0.25, 0.3) is 0 Å². The first-order chi connectivity index (χ1) is 8.34. The van der Waals surface area contributed by atoms with Gasteiger partial charge in [0.05, 0.1) is 11.3 Å². The van der Waals surface area contributed by atoms with Crippen molar-refractivity contribution < 1.29 is 9.90 Å². The van der Waals surface area contributed by atoms with E-state index >= 15 is 0 Å². The highest BCUT2D eigenvalue weighted by Gasteiger charge is 2.34. The van der Waals surface area contributed by atoms with E-state index in [1.807, 2.05) is 13.0 Å². The molecule has 1 aromatic carbocycles. The predicted octanol–water partition coefficient (Wildman–Crippen LogP) is 2.90. The number of nitriles is 1. The van der Waals surface area contributed by atoms with Crippen molar-refractivity contribution >= 4 is 23.3 Å². The Morgan fingerprint density at radius 3 is 2.61 bits per heavy atom. The van der Waals surface area contributed by atoms with Gasteiger partial charge in [-0.15, -0.1) is 0 Å². The van der Waals surface area contributed by atoms with E-state index in [4.69, 9.17) is 16.9 Å². The van der Waals surface area contributed by atoms with Crippen molar-refractivity contribution in [2.45, 2.75) is 26.3 Å². The lowest BCUT2D eigenvalue weighted by Crippen LogP contribution is -2.50. The number of aliphatic carboxylic acids is 1. The Kier molecular flexibility index (Phi) is 4.20. The van der Waals surface area contributed by atoms with Gasteiger partial charge in [0.2, 0.25) is 0 Å². The Morgan fingerprint density at radius 1 is 1.56 bits per heavy atom. The summed E-state index contributed by atoms with van der Waals surface area (Å²) in [4.78, 5) is 13.0. The molecule has 0 aliphatic heterocycles. The van der Waals surface area contributed by atoms with Gasteiger partial charge in [-0.05, 0) is 39.0 Å². The fourth-order valence-corrected chi connectivity index (χ4v) is 1.99. The summed E-state index contributed by atoms with van der Waals surface area (Å²) in [6, 6.07) is 6.91. The summed E-state index contributed by atoms with van der Waals surface area (Å²) in [5.74, 6) is -0.941. The van der Waals surface area contributed by atoms with E-state index < -0.39 is 11.5 Å². The summed E-state index contributed by atoms with van der Waals surface area (Å²) in [7, 11) is 0. The third kappa shape index (κ3) is 2.57. The van der Waals surface area contributed by atoms with Crippen LogP contribution in [-0.2, 0) is 4.79 Å². The van der Waals surface area contributed by atoms with Crippen molar-refractivity contribution in [2.24, 2.45) is 0 Å². The number of rotatable bonds is 4. The second-order valence-electron chi connectivity index (χ2n) is 4.38. The third-order valence-corrected chi connectivity index (χ3v) is 3.12. The zero-order valence-electron chi connectivity index (χ0n) is 10.6. The van der Waals surface area contributed by atoms with Gasteiger partial charge in [0.1, 0.15) is 11.6 Å². The van der Waals surface area contributed by atoms with Crippen LogP contribution in [0.25, 0.3) is 0 Å². The summed E-state index contributed by atoms with van der Waals surface area (Å²) in [5, 5.41) is 18.8. The van der Waals surface area contributed by atoms with Crippen molar-refractivity contribution in [3.05, 3.63) is 28.8 Å². The van der Waals surface area contributed by atoms with E-state index in [1.54, 1.807) is 30.9 Å². The maximum atomic E-state index is 11.3. The Labute approximate surface area is 111 Å². The van der Waals surface area contributed by atoms with E-state index in [1.165, 1.54) is 6.07 Å². The molecule has 0 aromatic heterocycles. The molecule has 96 valence electrons. The highest BCUT2D eigenvalue weighted by atomic mass is 35.5. The topological polar surface area (TPSA) is 64.3 Å². The highest BCUT2D eigenvalue weighted by Crippen LogP contribution is 2.29. The monoisotopic (exact) mass is 266 g/mol. The molecule has 1 N–H and O–H groups in total. The number of hydrogen-bond acceptors (Lipinski definition) is 3. The smallest absolute Gasteiger partial charge is 0.328 e. The van der Waals surface area contributed by atoms with Crippen LogP contribution in [-0.4, -0.2) is 23.2 Å². The van der Waals surface area contributed by atoms with Crippen LogP contribution in [0.1, 0.15) is 26.3 Å². The van der Waals surface area contributed by atoms with E-state index in [0.717, 1.165) is 0 Å². The summed E-state index contributed by atoms with van der Waals surface area (Å²) in [5.41, 5.74) is -0.135. The van der Waals surface area contributed by atoms with Gasteiger partial charge in [0.15, 0.2) is 0 Å². The molecule has 0 radical (unpaired) electrons. The molecule has 0 aliphatic rings. The number of carboxylic acids is 1. The standard InChI is InChI=1S/C13H15ClN2O2/c1-4-16(13(2,3)12(17)18)11-6-5-10(14)7-9(11)8-15/h5-7H,4H2,1-3H3,(H,17,18). The summed E-state index contributed by atoms with van der Waals surface area (Å²) in [6.45, 7) is 5.54. The fraction of sp³-hybridized carbons (Fsp3) is 0.385. The molecule has 0 bridgehead atoms. The van der Waals surface area contributed by atoms with Crippen molar-refractivity contribution in [2.75, 3.05) is 11.4 Å². The normalized spacial score (nSPS) is 10.8. The van der Waals surface area contributed by atoms with Gasteiger partial charge < -0.3 is 10.0 Å². The van der Waals surface area contributed by atoms with Crippen LogP contribution in [0.15, 0.2) is 18.2 Å². The molecule has 0 amide bonds. The zero-order valence-corrected chi connectivity index (χ0v) is 11.3. The number of hydrogen-bond donors (Lipinski definition) is 1. The second-order valence-corrected chi connectivity index (χ2v) is 4.82. The van der Waals surface area contributed by atoms with Gasteiger partial charge in [-0.2, -0.15) is 5.26 Å². The number of benzene rings is 1. The summed E-state index contributed by atoms with van der Waals surface area (Å²) >= 11 is 5.83. The lowest BCUT2D eigenvalue weighted by molar-refractivity contribution is -0.142. The predicted molar refractivity (Wildman–Crippen MR) is 70.9 cm³/mol. The molecule has 0 unspecified atom stereocenters. The first kappa shape index (κ1) is 14.3. The minimum absolute atomic E-state index is 0.374. The van der Waals surface area contributed by atoms with E-state index in [-0.39, 0.29) is 0 Å². The van der Waals surface area contributed by atoms with Crippen molar-refractivity contribution in [1.82, 2.24) is 0 Å². The average molecular weight is 267 g/mol. The number of anilines is 1. The van der Waals surface area contributed by atoms with Gasteiger partial charge in [-0.1, -0.05) is 11.6 Å². The number of carbonyl (C=O) groups is 1. The van der Waals surface area contributed by atoms with Crippen molar-refractivity contribution in [3.8, 4) is 6.07 Å². The van der Waals surface area contributed by atoms with E-state index in [9.17, 15) is 9.90 Å². The van der Waals surface area contributed by atoms with Crippen LogP contribution in [0.2, 0.25) is 5.02 Å². The number of halogens is 1. The summed E-state index contributed by atoms with van der Waals surface area (Å²) < 4.78 is 0. The van der Waals surface area contributed by atoms with E-state index in [0.29, 0.717) is 22.8 Å². The molecule has 0 fully saturated rings. The number of carboxylic acid groups (broad SMARTS) is 1. The number of nitrogens with zero attached hydrogens (tertiary/aromatic N) is 2. The maximum absolute atomic E-state index is 11.3. The van der Waals surface area contributed by atoms with Crippen LogP contribution in [0.4, 0.5) is 5.69 Å². The third-order valence-electron chi connectivity index (χ3n) is 2.88. The highest BCUT2D eigenvalue weighted by molar-refractivity contribution is 6.30. The van der Waals surface area contributed by atoms with Crippen LogP contribution in [0, 0.1) is 11.3 Å². The molecule has 18 heavy (non-hydrogen) atoms. The molecule has 0 saturated heterocycles.